The fourth-order valence-corrected chi connectivity index (χ4v) is 10.2. The van der Waals surface area contributed by atoms with Gasteiger partial charge in [-0.15, -0.1) is 0 Å². The molecular formula is C30H50O4. The molecule has 0 amide bonds. The molecule has 0 spiro atoms. The second-order valence-corrected chi connectivity index (χ2v) is 13.6. The van der Waals surface area contributed by atoms with Crippen molar-refractivity contribution in [1.29, 1.82) is 0 Å². The summed E-state index contributed by atoms with van der Waals surface area (Å²) in [6, 6.07) is 0. The van der Waals surface area contributed by atoms with Gasteiger partial charge in [0, 0.05) is 6.42 Å². The van der Waals surface area contributed by atoms with Crippen LogP contribution in [0.25, 0.3) is 0 Å². The zero-order chi connectivity index (χ0) is 24.1. The number of carbonyl (C=O) groups excluding carboxylic acids is 1. The van der Waals surface area contributed by atoms with Crippen molar-refractivity contribution in [2.75, 3.05) is 0 Å². The average Bonchev–Trinajstić information content (AvgIpc) is 3.18. The molecule has 5 fully saturated rings. The highest BCUT2D eigenvalue weighted by Gasteiger charge is 2.65. The molecule has 0 heterocycles. The van der Waals surface area contributed by atoms with Crippen LogP contribution in [0.4, 0.5) is 0 Å². The first kappa shape index (κ1) is 25.1. The molecule has 10 atom stereocenters. The fraction of sp³-hybridized carbons (Fsp3) is 0.967. The Morgan fingerprint density at radius 3 is 2.44 bits per heavy atom. The SMILES string of the molecule is CC(CCC(=O)OC1CCCCC1)C1CCC2C3C(O)CC4CCCCC4(C)C3CC(O)C12C. The third-order valence-electron chi connectivity index (χ3n) is 12.1. The third kappa shape index (κ3) is 4.17. The zero-order valence-corrected chi connectivity index (χ0v) is 22.0. The number of hydrogen-bond acceptors (Lipinski definition) is 4. The molecular weight excluding hydrogens is 424 g/mol. The maximum atomic E-state index is 12.6. The number of esters is 1. The topological polar surface area (TPSA) is 66.8 Å². The van der Waals surface area contributed by atoms with E-state index >= 15 is 0 Å². The molecule has 0 saturated heterocycles. The van der Waals surface area contributed by atoms with Crippen molar-refractivity contribution in [2.45, 2.75) is 135 Å². The van der Waals surface area contributed by atoms with Gasteiger partial charge in [0.05, 0.1) is 12.2 Å². The molecule has 0 aromatic heterocycles. The van der Waals surface area contributed by atoms with E-state index in [-0.39, 0.29) is 35.1 Å². The van der Waals surface area contributed by atoms with Crippen molar-refractivity contribution in [3.63, 3.8) is 0 Å². The van der Waals surface area contributed by atoms with Crippen molar-refractivity contribution in [2.24, 2.45) is 46.3 Å². The Hall–Kier alpha value is -0.610. The molecule has 0 radical (unpaired) electrons. The van der Waals surface area contributed by atoms with Crippen molar-refractivity contribution in [3.05, 3.63) is 0 Å². The molecule has 194 valence electrons. The number of aliphatic hydroxyl groups is 2. The van der Waals surface area contributed by atoms with Gasteiger partial charge < -0.3 is 14.9 Å². The Kier molecular flexibility index (Phi) is 7.14. The highest BCUT2D eigenvalue weighted by molar-refractivity contribution is 5.69. The van der Waals surface area contributed by atoms with Crippen molar-refractivity contribution in [3.8, 4) is 0 Å². The third-order valence-corrected chi connectivity index (χ3v) is 12.1. The number of carbonyl (C=O) groups is 1. The minimum atomic E-state index is -0.299. The molecule has 0 aromatic rings. The van der Waals surface area contributed by atoms with E-state index < -0.39 is 0 Å². The monoisotopic (exact) mass is 474 g/mol. The average molecular weight is 475 g/mol. The van der Waals surface area contributed by atoms with E-state index in [2.05, 4.69) is 20.8 Å². The summed E-state index contributed by atoms with van der Waals surface area (Å²) >= 11 is 0. The fourth-order valence-electron chi connectivity index (χ4n) is 10.2. The summed E-state index contributed by atoms with van der Waals surface area (Å²) in [6.07, 6.45) is 15.9. The van der Waals surface area contributed by atoms with Gasteiger partial charge in [0.25, 0.3) is 0 Å². The Labute approximate surface area is 207 Å². The van der Waals surface area contributed by atoms with E-state index in [4.69, 9.17) is 4.74 Å². The molecule has 34 heavy (non-hydrogen) atoms. The summed E-state index contributed by atoms with van der Waals surface area (Å²) in [6.45, 7) is 7.11. The number of ether oxygens (including phenoxy) is 1. The highest BCUT2D eigenvalue weighted by Crippen LogP contribution is 2.68. The summed E-state index contributed by atoms with van der Waals surface area (Å²) in [7, 11) is 0. The minimum absolute atomic E-state index is 0.0262. The lowest BCUT2D eigenvalue weighted by atomic mass is 9.43. The molecule has 5 rings (SSSR count). The van der Waals surface area contributed by atoms with E-state index in [1.54, 1.807) is 0 Å². The van der Waals surface area contributed by atoms with Gasteiger partial charge in [-0.2, -0.15) is 0 Å². The largest absolute Gasteiger partial charge is 0.462 e. The lowest BCUT2D eigenvalue weighted by Crippen LogP contribution is -2.61. The van der Waals surface area contributed by atoms with Crippen LogP contribution in [0.1, 0.15) is 117 Å². The molecule has 0 bridgehead atoms. The van der Waals surface area contributed by atoms with Gasteiger partial charge in [-0.1, -0.05) is 40.0 Å². The number of aliphatic hydroxyl groups excluding tert-OH is 2. The van der Waals surface area contributed by atoms with Crippen LogP contribution in [0.15, 0.2) is 0 Å². The highest BCUT2D eigenvalue weighted by atomic mass is 16.5. The molecule has 4 nitrogen and oxygen atoms in total. The van der Waals surface area contributed by atoms with Crippen LogP contribution < -0.4 is 0 Å². The van der Waals surface area contributed by atoms with Crippen LogP contribution in [0, 0.1) is 46.3 Å². The number of fused-ring (bicyclic) bond motifs is 5. The lowest BCUT2D eigenvalue weighted by Gasteiger charge is -2.63. The van der Waals surface area contributed by atoms with Crippen molar-refractivity contribution in [1.82, 2.24) is 0 Å². The second-order valence-electron chi connectivity index (χ2n) is 13.6. The van der Waals surface area contributed by atoms with Crippen molar-refractivity contribution < 1.29 is 19.7 Å². The van der Waals surface area contributed by atoms with Gasteiger partial charge in [-0.3, -0.25) is 4.79 Å². The summed E-state index contributed by atoms with van der Waals surface area (Å²) in [4.78, 5) is 12.6. The molecule has 0 aromatic carbocycles. The summed E-state index contributed by atoms with van der Waals surface area (Å²) in [5, 5.41) is 23.1. The second kappa shape index (κ2) is 9.69. The van der Waals surface area contributed by atoms with Gasteiger partial charge in [-0.25, -0.2) is 0 Å². The molecule has 2 N–H and O–H groups in total. The summed E-state index contributed by atoms with van der Waals surface area (Å²) in [5.74, 6) is 2.59. The maximum absolute atomic E-state index is 12.6. The molecule has 5 aliphatic carbocycles. The first-order valence-electron chi connectivity index (χ1n) is 14.8. The van der Waals surface area contributed by atoms with E-state index in [0.29, 0.717) is 41.9 Å². The van der Waals surface area contributed by atoms with Gasteiger partial charge in [0.1, 0.15) is 6.10 Å². The van der Waals surface area contributed by atoms with E-state index in [0.717, 1.165) is 44.9 Å². The molecule has 0 aliphatic heterocycles. The Morgan fingerprint density at radius 2 is 1.68 bits per heavy atom. The Morgan fingerprint density at radius 1 is 0.941 bits per heavy atom. The lowest BCUT2D eigenvalue weighted by molar-refractivity contribution is -0.201. The van der Waals surface area contributed by atoms with Crippen LogP contribution in [0.3, 0.4) is 0 Å². The van der Waals surface area contributed by atoms with Crippen LogP contribution >= 0.6 is 0 Å². The van der Waals surface area contributed by atoms with Gasteiger partial charge in [-0.05, 0) is 117 Å². The number of rotatable bonds is 5. The van der Waals surface area contributed by atoms with Crippen LogP contribution in [-0.2, 0) is 9.53 Å². The minimum Gasteiger partial charge on any atom is -0.462 e. The van der Waals surface area contributed by atoms with Crippen molar-refractivity contribution >= 4 is 5.97 Å². The first-order chi connectivity index (χ1) is 16.2. The standard InChI is InChI=1S/C30H50O4/c1-19(12-15-27(33)34-21-10-5-4-6-11-21)22-13-14-23-28-24(18-26(32)30(22,23)3)29(2)16-8-7-9-20(29)17-25(28)31/h19-26,28,31-32H,4-18H2,1-3H3. The van der Waals surface area contributed by atoms with Crippen LogP contribution in [0.5, 0.6) is 0 Å². The molecule has 5 aliphatic rings. The number of hydrogen-bond donors (Lipinski definition) is 2. The molecule has 10 unspecified atom stereocenters. The van der Waals surface area contributed by atoms with E-state index in [1.165, 1.54) is 44.9 Å². The van der Waals surface area contributed by atoms with E-state index in [9.17, 15) is 15.0 Å². The molecule has 5 saturated carbocycles. The maximum Gasteiger partial charge on any atom is 0.306 e. The predicted molar refractivity (Wildman–Crippen MR) is 134 cm³/mol. The van der Waals surface area contributed by atoms with E-state index in [1.807, 2.05) is 0 Å². The van der Waals surface area contributed by atoms with Crippen LogP contribution in [-0.4, -0.2) is 34.5 Å². The quantitative estimate of drug-likeness (QED) is 0.461. The smallest absolute Gasteiger partial charge is 0.306 e. The predicted octanol–water partition coefficient (Wildman–Crippen LogP) is 6.27. The Balaban J connectivity index is 1.26. The zero-order valence-electron chi connectivity index (χ0n) is 22.0. The van der Waals surface area contributed by atoms with Gasteiger partial charge in [0.2, 0.25) is 0 Å². The van der Waals surface area contributed by atoms with Gasteiger partial charge >= 0.3 is 5.97 Å². The Bertz CT molecular complexity index is 731. The van der Waals surface area contributed by atoms with Gasteiger partial charge in [0.15, 0.2) is 0 Å². The molecule has 4 heteroatoms. The normalized spacial score (nSPS) is 47.9. The summed E-state index contributed by atoms with van der Waals surface area (Å²) in [5.41, 5.74) is 0.143. The van der Waals surface area contributed by atoms with Crippen LogP contribution in [0.2, 0.25) is 0 Å². The first-order valence-corrected chi connectivity index (χ1v) is 14.8. The summed E-state index contributed by atoms with van der Waals surface area (Å²) < 4.78 is 5.78.